The summed E-state index contributed by atoms with van der Waals surface area (Å²) in [5.41, 5.74) is 0.194. The lowest BCUT2D eigenvalue weighted by Gasteiger charge is -2.12. The summed E-state index contributed by atoms with van der Waals surface area (Å²) in [7, 11) is 0. The molecule has 0 fully saturated rings. The molecule has 0 aliphatic carbocycles. The van der Waals surface area contributed by atoms with E-state index in [0.717, 1.165) is 6.20 Å². The third kappa shape index (κ3) is 2.17. The maximum Gasteiger partial charge on any atom is 0.170 e. The van der Waals surface area contributed by atoms with Crippen molar-refractivity contribution in [3.8, 4) is 11.4 Å². The third-order valence-corrected chi connectivity index (χ3v) is 2.54. The highest BCUT2D eigenvalue weighted by Gasteiger charge is 2.18. The van der Waals surface area contributed by atoms with Crippen LogP contribution in [0.5, 0.6) is 0 Å². The summed E-state index contributed by atoms with van der Waals surface area (Å²) in [4.78, 5) is 4.01. The molecule has 0 unspecified atom stereocenters. The highest BCUT2D eigenvalue weighted by Crippen LogP contribution is 2.27. The second-order valence-electron chi connectivity index (χ2n) is 3.33. The molecule has 0 aliphatic rings. The number of halogens is 2. The Labute approximate surface area is 113 Å². The maximum absolute atomic E-state index is 14.2. The van der Waals surface area contributed by atoms with Crippen molar-refractivity contribution in [2.24, 2.45) is 0 Å². The lowest BCUT2D eigenvalue weighted by molar-refractivity contribution is 0.533. The van der Waals surface area contributed by atoms with Gasteiger partial charge in [-0.05, 0) is 25.3 Å². The van der Waals surface area contributed by atoms with Crippen molar-refractivity contribution < 1.29 is 12.6 Å². The fourth-order valence-corrected chi connectivity index (χ4v) is 1.73. The Bertz CT molecular complexity index is 683. The Morgan fingerprint density at radius 1 is 1.59 bits per heavy atom. The molecule has 0 bridgehead atoms. The van der Waals surface area contributed by atoms with Gasteiger partial charge < -0.3 is 0 Å². The van der Waals surface area contributed by atoms with E-state index in [-0.39, 0.29) is 17.3 Å². The van der Waals surface area contributed by atoms with E-state index in [1.807, 2.05) is 0 Å². The minimum atomic E-state index is -2.91. The van der Waals surface area contributed by atoms with Crippen molar-refractivity contribution in [1.29, 1.82) is 0 Å². The maximum atomic E-state index is 14.2. The largest absolute Gasteiger partial charge is 0.258 e. The van der Waals surface area contributed by atoms with Crippen LogP contribution < -0.4 is 0 Å². The molecule has 0 atom stereocenters. The molecule has 90 valence electrons. The Hall–Kier alpha value is -1.42. The van der Waals surface area contributed by atoms with Gasteiger partial charge in [0.15, 0.2) is 5.82 Å². The minimum absolute atomic E-state index is 0.00000425. The number of pyridine rings is 1. The molecule has 17 heavy (non-hydrogen) atoms. The van der Waals surface area contributed by atoms with Crippen LogP contribution in [0.4, 0.5) is 4.39 Å². The molecule has 5 heteroatoms. The van der Waals surface area contributed by atoms with Gasteiger partial charge in [-0.25, -0.2) is 4.39 Å². The van der Waals surface area contributed by atoms with Crippen LogP contribution in [-0.2, 0) is 5.88 Å². The van der Waals surface area contributed by atoms with E-state index in [4.69, 9.17) is 19.8 Å². The number of hydrogen-bond acceptors (Lipinski definition) is 2. The molecule has 2 aromatic heterocycles. The number of alkyl halides is 1. The second-order valence-corrected chi connectivity index (χ2v) is 3.60. The average Bonchev–Trinajstić information content (AvgIpc) is 2.76. The van der Waals surface area contributed by atoms with E-state index in [9.17, 15) is 4.39 Å². The summed E-state index contributed by atoms with van der Waals surface area (Å²) in [6.07, 6.45) is 2.15. The smallest absolute Gasteiger partial charge is 0.170 e. The predicted molar refractivity (Wildman–Crippen MR) is 65.4 cm³/mol. The van der Waals surface area contributed by atoms with Crippen LogP contribution in [0.25, 0.3) is 11.4 Å². The van der Waals surface area contributed by atoms with Crippen molar-refractivity contribution in [3.05, 3.63) is 35.9 Å². The van der Waals surface area contributed by atoms with Crippen molar-refractivity contribution in [1.82, 2.24) is 14.8 Å². The van der Waals surface area contributed by atoms with Gasteiger partial charge in [0.1, 0.15) is 5.69 Å². The molecule has 0 aliphatic heterocycles. The number of nitrogens with zero attached hydrogens (tertiary/aromatic N) is 3. The lowest BCUT2D eigenvalue weighted by atomic mass is 10.1. The summed E-state index contributed by atoms with van der Waals surface area (Å²) in [6, 6.07) is 1.18. The van der Waals surface area contributed by atoms with Crippen LogP contribution in [0.1, 0.15) is 33.5 Å². The standard InChI is InChI=1S/C12H13ClFN3/c1-8(2)17-12(10(14)7-16-17)11-9(6-13)4-3-5-15-11/h3-5,7-8H,6H2,1-2H3/i1D3,2D3. The van der Waals surface area contributed by atoms with Crippen LogP contribution in [0, 0.1) is 5.82 Å². The first-order chi connectivity index (χ1) is 10.6. The summed E-state index contributed by atoms with van der Waals surface area (Å²) in [5.74, 6) is -0.867. The molecule has 2 heterocycles. The van der Waals surface area contributed by atoms with Gasteiger partial charge in [0.05, 0.1) is 11.9 Å². The van der Waals surface area contributed by atoms with Crippen molar-refractivity contribution >= 4 is 11.6 Å². The number of aromatic nitrogens is 3. The summed E-state index contributed by atoms with van der Waals surface area (Å²) in [5, 5.41) is 3.64. The zero-order valence-corrected chi connectivity index (χ0v) is 9.45. The van der Waals surface area contributed by atoms with E-state index < -0.39 is 25.6 Å². The molecular formula is C12H13ClFN3. The summed E-state index contributed by atoms with van der Waals surface area (Å²) < 4.78 is 59.8. The van der Waals surface area contributed by atoms with Crippen LogP contribution in [0.15, 0.2) is 24.5 Å². The molecule has 3 nitrogen and oxygen atoms in total. The van der Waals surface area contributed by atoms with Crippen molar-refractivity contribution in [3.63, 3.8) is 0 Å². The molecule has 0 amide bonds. The van der Waals surface area contributed by atoms with E-state index in [1.165, 1.54) is 6.20 Å². The number of rotatable bonds is 3. The zero-order valence-electron chi connectivity index (χ0n) is 14.7. The van der Waals surface area contributed by atoms with Gasteiger partial charge in [-0.3, -0.25) is 9.67 Å². The van der Waals surface area contributed by atoms with Gasteiger partial charge in [0.2, 0.25) is 0 Å². The van der Waals surface area contributed by atoms with Crippen LogP contribution in [0.3, 0.4) is 0 Å². The van der Waals surface area contributed by atoms with E-state index in [0.29, 0.717) is 10.2 Å². The Morgan fingerprint density at radius 2 is 2.41 bits per heavy atom. The molecule has 0 N–H and O–H groups in total. The van der Waals surface area contributed by atoms with E-state index >= 15 is 0 Å². The first-order valence-electron chi connectivity index (χ1n) is 7.80. The summed E-state index contributed by atoms with van der Waals surface area (Å²) in [6.45, 7) is -5.82. The van der Waals surface area contributed by atoms with Crippen molar-refractivity contribution in [2.75, 3.05) is 0 Å². The van der Waals surface area contributed by atoms with Crippen LogP contribution in [0.2, 0.25) is 0 Å². The van der Waals surface area contributed by atoms with Crippen molar-refractivity contribution in [2.45, 2.75) is 25.6 Å². The van der Waals surface area contributed by atoms with Gasteiger partial charge in [-0.15, -0.1) is 11.6 Å². The number of hydrogen-bond donors (Lipinski definition) is 0. The van der Waals surface area contributed by atoms with Gasteiger partial charge in [0.25, 0.3) is 0 Å². The minimum Gasteiger partial charge on any atom is -0.258 e. The normalized spacial score (nSPS) is 17.8. The van der Waals surface area contributed by atoms with Gasteiger partial charge >= 0.3 is 0 Å². The third-order valence-electron chi connectivity index (χ3n) is 2.25. The first-order valence-corrected chi connectivity index (χ1v) is 5.34. The lowest BCUT2D eigenvalue weighted by Crippen LogP contribution is -2.07. The quantitative estimate of drug-likeness (QED) is 0.791. The molecule has 2 aromatic rings. The van der Waals surface area contributed by atoms with Gasteiger partial charge in [-0.1, -0.05) is 6.07 Å². The molecule has 0 spiro atoms. The second kappa shape index (κ2) is 4.84. The van der Waals surface area contributed by atoms with Crippen LogP contribution in [-0.4, -0.2) is 14.8 Å². The predicted octanol–water partition coefficient (Wildman–Crippen LogP) is 3.40. The molecule has 0 aromatic carbocycles. The molecular weight excluding hydrogens is 241 g/mol. The molecule has 0 radical (unpaired) electrons. The first kappa shape index (κ1) is 6.50. The Morgan fingerprint density at radius 3 is 3.12 bits per heavy atom. The molecule has 0 saturated carbocycles. The molecule has 0 saturated heterocycles. The fraction of sp³-hybridized carbons (Fsp3) is 0.333. The highest BCUT2D eigenvalue weighted by atomic mass is 35.5. The van der Waals surface area contributed by atoms with Gasteiger partial charge in [-0.2, -0.15) is 5.10 Å². The topological polar surface area (TPSA) is 30.7 Å². The Kier molecular flexibility index (Phi) is 1.85. The zero-order chi connectivity index (χ0) is 17.4. The van der Waals surface area contributed by atoms with E-state index in [2.05, 4.69) is 10.1 Å². The van der Waals surface area contributed by atoms with Crippen LogP contribution >= 0.6 is 11.6 Å². The fourth-order valence-electron chi connectivity index (χ4n) is 1.52. The SMILES string of the molecule is [2H]C([2H])([2H])C(n1ncc(F)c1-c1ncccc1CCl)C([2H])([2H])[2H]. The van der Waals surface area contributed by atoms with E-state index in [1.54, 1.807) is 12.1 Å². The van der Waals surface area contributed by atoms with Gasteiger partial charge in [0, 0.05) is 26.3 Å². The average molecular weight is 260 g/mol. The highest BCUT2D eigenvalue weighted by molar-refractivity contribution is 6.17. The Balaban J connectivity index is 2.72. The monoisotopic (exact) mass is 259 g/mol. The summed E-state index contributed by atoms with van der Waals surface area (Å²) >= 11 is 5.80. The molecule has 2 rings (SSSR count).